The van der Waals surface area contributed by atoms with Gasteiger partial charge in [-0.2, -0.15) is 0 Å². The van der Waals surface area contributed by atoms with Crippen LogP contribution in [-0.2, 0) is 13.0 Å². The van der Waals surface area contributed by atoms with Gasteiger partial charge < -0.3 is 60.2 Å². The standard InChI is InChI=1S/C21H28O4Si.C15H24O4Si.C14H22O3Si.C6H6O/c22-17-7-4-14(5-8-17)12-16-6-9-18(13-20(16)24)25-21-15(10-11-26)2-1-3-19(21)23;16-9-11-4-5-12(8-14(11)18)19-15-10(6-7-20)2-1-3-13(15)17;15-11-4-2-5-12(9-11)17-14-10(7-8-18)3-1-6-13(14)16;7-6-4-2-1-3-5-6/h4-9,13,15,19,21-24H,1-3,10-12H2,26H3;4-5,8,10,13,15-18H,1-3,6-7,9H2,20H3;2,4-5,9-10,13-16H,1,3,6-8H2,18H3;1-5,7H. The molecule has 0 aliphatic heterocycles. The summed E-state index contributed by atoms with van der Waals surface area (Å²) in [7, 11) is 3.55. The highest BCUT2D eigenvalue weighted by Crippen LogP contribution is 2.36. The summed E-state index contributed by atoms with van der Waals surface area (Å²) in [6.45, 7) is -0.193. The molecule has 5 aromatic carbocycles. The molecule has 15 heteroatoms. The average molecular weight is 1030 g/mol. The summed E-state index contributed by atoms with van der Waals surface area (Å²) in [5, 5.41) is 87.3. The maximum Gasteiger partial charge on any atom is 0.127 e. The van der Waals surface area contributed by atoms with Gasteiger partial charge in [-0.25, -0.2) is 0 Å². The molecule has 0 spiro atoms. The zero-order valence-electron chi connectivity index (χ0n) is 41.9. The number of benzene rings is 5. The minimum Gasteiger partial charge on any atom is -0.508 e. The molecule has 3 aliphatic rings. The van der Waals surface area contributed by atoms with Crippen molar-refractivity contribution in [2.75, 3.05) is 0 Å². The van der Waals surface area contributed by atoms with Crippen LogP contribution in [0.25, 0.3) is 0 Å². The molecule has 388 valence electrons. The molecule has 0 aromatic heterocycles. The van der Waals surface area contributed by atoms with Gasteiger partial charge >= 0.3 is 0 Å². The Balaban J connectivity index is 0.000000188. The number of ether oxygens (including phenoxy) is 3. The van der Waals surface area contributed by atoms with Crippen LogP contribution in [0.4, 0.5) is 0 Å². The Morgan fingerprint density at radius 3 is 1.21 bits per heavy atom. The fraction of sp³-hybridized carbons (Fsp3) is 0.464. The second-order valence-electron chi connectivity index (χ2n) is 19.3. The van der Waals surface area contributed by atoms with Crippen molar-refractivity contribution in [1.82, 2.24) is 0 Å². The SMILES string of the molecule is OCc1ccc(OC2C(O)CCCC2CC[SiH3])cc1O.Oc1ccc(Cc2ccc(OC3C(O)CCCC3CC[SiH3])cc2O)cc1.Oc1cccc(OC2C(O)CCCC2CC[SiH3])c1.Oc1ccccc1. The Morgan fingerprint density at radius 1 is 0.423 bits per heavy atom. The van der Waals surface area contributed by atoms with E-state index in [-0.39, 0.29) is 54.0 Å². The van der Waals surface area contributed by atoms with Crippen LogP contribution < -0.4 is 14.2 Å². The first-order valence-corrected chi connectivity index (χ1v) is 30.2. The number of rotatable bonds is 15. The van der Waals surface area contributed by atoms with Crippen molar-refractivity contribution in [3.8, 4) is 46.0 Å². The summed E-state index contributed by atoms with van der Waals surface area (Å²) in [5.74, 6) is 4.07. The van der Waals surface area contributed by atoms with E-state index in [1.807, 2.05) is 36.4 Å². The summed E-state index contributed by atoms with van der Waals surface area (Å²) in [4.78, 5) is 0. The summed E-state index contributed by atoms with van der Waals surface area (Å²) < 4.78 is 18.0. The Hall–Kier alpha value is -5.01. The van der Waals surface area contributed by atoms with Gasteiger partial charge in [0, 0.05) is 60.9 Å². The first-order valence-electron chi connectivity index (χ1n) is 25.9. The van der Waals surface area contributed by atoms with Crippen molar-refractivity contribution in [2.24, 2.45) is 17.8 Å². The highest BCUT2D eigenvalue weighted by atomic mass is 28.2. The molecule has 5 aromatic rings. The zero-order chi connectivity index (χ0) is 51.1. The van der Waals surface area contributed by atoms with Crippen LogP contribution in [0.15, 0.2) is 115 Å². The quantitative estimate of drug-likeness (QED) is 0.0508. The van der Waals surface area contributed by atoms with Gasteiger partial charge in [0.05, 0.1) is 24.9 Å². The van der Waals surface area contributed by atoms with E-state index in [1.54, 1.807) is 72.8 Å². The van der Waals surface area contributed by atoms with Gasteiger partial charge in [-0.1, -0.05) is 79.9 Å². The van der Waals surface area contributed by atoms with E-state index in [4.69, 9.17) is 24.4 Å². The molecule has 3 aliphatic carbocycles. The maximum absolute atomic E-state index is 10.4. The number of phenolic OH excluding ortho intramolecular Hbond substituents is 4. The van der Waals surface area contributed by atoms with Crippen molar-refractivity contribution in [3.63, 3.8) is 0 Å². The van der Waals surface area contributed by atoms with Gasteiger partial charge in [0.25, 0.3) is 0 Å². The Kier molecular flexibility index (Phi) is 24.1. The summed E-state index contributed by atoms with van der Waals surface area (Å²) in [6.07, 6.45) is 11.2. The third-order valence-electron chi connectivity index (χ3n) is 13.7. The van der Waals surface area contributed by atoms with Crippen LogP contribution in [0.5, 0.6) is 46.0 Å². The molecule has 8 rings (SSSR count). The molecule has 9 atom stereocenters. The highest BCUT2D eigenvalue weighted by Gasteiger charge is 2.35. The Morgan fingerprint density at radius 2 is 0.831 bits per heavy atom. The minimum atomic E-state index is -0.430. The van der Waals surface area contributed by atoms with Crippen molar-refractivity contribution in [3.05, 3.63) is 132 Å². The van der Waals surface area contributed by atoms with Crippen LogP contribution in [-0.4, -0.2) is 113 Å². The van der Waals surface area contributed by atoms with Crippen LogP contribution in [0.1, 0.15) is 93.7 Å². The molecule has 12 nitrogen and oxygen atoms in total. The fourth-order valence-electron chi connectivity index (χ4n) is 10.1. The summed E-state index contributed by atoms with van der Waals surface area (Å²) in [5.41, 5.74) is 2.31. The van der Waals surface area contributed by atoms with E-state index in [0.29, 0.717) is 52.7 Å². The maximum atomic E-state index is 10.4. The lowest BCUT2D eigenvalue weighted by molar-refractivity contribution is -0.0297. The first-order chi connectivity index (χ1) is 34.3. The number of para-hydroxylation sites is 1. The second-order valence-corrected chi connectivity index (χ2v) is 22.3. The van der Waals surface area contributed by atoms with Gasteiger partial charge in [-0.15, -0.1) is 0 Å². The molecule has 3 fully saturated rings. The van der Waals surface area contributed by atoms with Gasteiger partial charge in [0.2, 0.25) is 0 Å². The summed E-state index contributed by atoms with van der Waals surface area (Å²) in [6, 6.07) is 36.5. The van der Waals surface area contributed by atoms with E-state index in [2.05, 4.69) is 0 Å². The lowest BCUT2D eigenvalue weighted by atomic mass is 9.82. The predicted molar refractivity (Wildman–Crippen MR) is 291 cm³/mol. The molecule has 9 N–H and O–H groups in total. The van der Waals surface area contributed by atoms with E-state index in [9.17, 15) is 35.7 Å². The van der Waals surface area contributed by atoms with Crippen molar-refractivity contribution in [2.45, 2.75) is 145 Å². The normalized spacial score (nSPS) is 23.9. The lowest BCUT2D eigenvalue weighted by Gasteiger charge is -2.35. The average Bonchev–Trinajstić information content (AvgIpc) is 3.35. The van der Waals surface area contributed by atoms with Crippen LogP contribution in [0.2, 0.25) is 18.1 Å². The van der Waals surface area contributed by atoms with E-state index in [0.717, 1.165) is 88.2 Å². The third kappa shape index (κ3) is 18.5. The second kappa shape index (κ2) is 30.1. The molecular formula is C56H80O12Si3. The molecule has 71 heavy (non-hydrogen) atoms. The number of hydrogen-bond donors (Lipinski definition) is 9. The lowest BCUT2D eigenvalue weighted by Crippen LogP contribution is -2.41. The first kappa shape index (κ1) is 56.9. The molecular weight excluding hydrogens is 949 g/mol. The predicted octanol–water partition coefficient (Wildman–Crippen LogP) is 6.60. The van der Waals surface area contributed by atoms with Gasteiger partial charge in [-0.3, -0.25) is 0 Å². The molecule has 0 radical (unpaired) electrons. The van der Waals surface area contributed by atoms with Gasteiger partial charge in [0.15, 0.2) is 0 Å². The zero-order valence-corrected chi connectivity index (χ0v) is 47.9. The van der Waals surface area contributed by atoms with E-state index < -0.39 is 12.2 Å². The van der Waals surface area contributed by atoms with Crippen LogP contribution in [0.3, 0.4) is 0 Å². The smallest absolute Gasteiger partial charge is 0.127 e. The number of aromatic hydroxyl groups is 5. The number of hydrogen-bond acceptors (Lipinski definition) is 12. The number of aliphatic hydroxyl groups excluding tert-OH is 4. The highest BCUT2D eigenvalue weighted by molar-refractivity contribution is 6.08. The topological polar surface area (TPSA) is 210 Å². The Labute approximate surface area is 429 Å². The van der Waals surface area contributed by atoms with Gasteiger partial charge in [-0.05, 0) is 141 Å². The third-order valence-corrected chi connectivity index (χ3v) is 15.5. The largest absolute Gasteiger partial charge is 0.508 e. The molecule has 0 saturated heterocycles. The summed E-state index contributed by atoms with van der Waals surface area (Å²) >= 11 is 0. The number of phenols is 5. The van der Waals surface area contributed by atoms with Gasteiger partial charge in [0.1, 0.15) is 64.3 Å². The Bertz CT molecular complexity index is 2260. The molecule has 0 heterocycles. The molecule has 9 unspecified atom stereocenters. The molecule has 0 amide bonds. The van der Waals surface area contributed by atoms with Crippen LogP contribution in [0, 0.1) is 17.8 Å². The van der Waals surface area contributed by atoms with E-state index >= 15 is 0 Å². The van der Waals surface area contributed by atoms with E-state index in [1.165, 1.54) is 54.9 Å². The molecule has 0 bridgehead atoms. The van der Waals surface area contributed by atoms with Crippen LogP contribution >= 0.6 is 0 Å². The van der Waals surface area contributed by atoms with Crippen molar-refractivity contribution >= 4 is 30.7 Å². The van der Waals surface area contributed by atoms with Crippen molar-refractivity contribution < 1.29 is 60.2 Å². The fourth-order valence-corrected chi connectivity index (χ4v) is 12.3. The molecule has 3 saturated carbocycles. The monoisotopic (exact) mass is 1030 g/mol. The number of aliphatic hydroxyl groups is 4. The minimum absolute atomic E-state index is 0.0368. The van der Waals surface area contributed by atoms with Crippen molar-refractivity contribution in [1.29, 1.82) is 0 Å².